The van der Waals surface area contributed by atoms with Gasteiger partial charge < -0.3 is 0 Å². The SMILES string of the molecule is C[Se]C(=O)C(C)=O. The van der Waals surface area contributed by atoms with Crippen LogP contribution in [0.5, 0.6) is 0 Å². The summed E-state index contributed by atoms with van der Waals surface area (Å²) in [5, 5.41) is 0. The van der Waals surface area contributed by atoms with Crippen molar-refractivity contribution in [2.24, 2.45) is 0 Å². The standard InChI is InChI=1S/C4H6O2Se/c1-3(5)4(6)7-2/h1-2H3. The van der Waals surface area contributed by atoms with Crippen molar-refractivity contribution >= 4 is 25.4 Å². The molecule has 0 aliphatic heterocycles. The molecule has 0 fully saturated rings. The molecule has 0 saturated carbocycles. The normalized spacial score (nSPS) is 8.29. The number of rotatable bonds is 2. The van der Waals surface area contributed by atoms with Gasteiger partial charge in [0.15, 0.2) is 0 Å². The first kappa shape index (κ1) is 6.86. The summed E-state index contributed by atoms with van der Waals surface area (Å²) in [5.74, 6) is 1.42. The van der Waals surface area contributed by atoms with Crippen LogP contribution in [0.15, 0.2) is 0 Å². The number of ketones is 1. The Bertz CT molecular complexity index is 97.9. The monoisotopic (exact) mass is 166 g/mol. The van der Waals surface area contributed by atoms with Gasteiger partial charge in [-0.1, -0.05) is 0 Å². The molecule has 0 aromatic carbocycles. The Balaban J connectivity index is 3.58. The van der Waals surface area contributed by atoms with E-state index in [1.54, 1.807) is 5.82 Å². The zero-order valence-corrected chi connectivity index (χ0v) is 5.94. The third-order valence-electron chi connectivity index (χ3n) is 0.473. The molecule has 0 aliphatic rings. The van der Waals surface area contributed by atoms with Crippen LogP contribution in [0.4, 0.5) is 0 Å². The van der Waals surface area contributed by atoms with E-state index in [1.807, 2.05) is 0 Å². The molecule has 0 atom stereocenters. The van der Waals surface area contributed by atoms with Crippen molar-refractivity contribution in [2.75, 3.05) is 0 Å². The Morgan fingerprint density at radius 2 is 1.86 bits per heavy atom. The van der Waals surface area contributed by atoms with Gasteiger partial charge >= 0.3 is 47.8 Å². The summed E-state index contributed by atoms with van der Waals surface area (Å²) < 4.78 is -0.229. The Kier molecular flexibility index (Phi) is 2.88. The zero-order chi connectivity index (χ0) is 5.86. The van der Waals surface area contributed by atoms with Crippen molar-refractivity contribution in [2.45, 2.75) is 12.7 Å². The number of Topliss-reactive ketones (excluding diaryl/α,β-unsaturated/α-hetero) is 1. The van der Waals surface area contributed by atoms with Gasteiger partial charge in [-0.05, 0) is 0 Å². The summed E-state index contributed by atoms with van der Waals surface area (Å²) in [6.07, 6.45) is 0. The summed E-state index contributed by atoms with van der Waals surface area (Å²) in [6, 6.07) is 0. The third-order valence-corrected chi connectivity index (χ3v) is 1.85. The molecule has 0 rings (SSSR count). The van der Waals surface area contributed by atoms with Crippen molar-refractivity contribution in [1.82, 2.24) is 0 Å². The number of carbonyl (C=O) groups excluding carboxylic acids is 2. The van der Waals surface area contributed by atoms with Crippen LogP contribution in [-0.2, 0) is 9.59 Å². The van der Waals surface area contributed by atoms with E-state index in [-0.39, 0.29) is 25.4 Å². The van der Waals surface area contributed by atoms with Crippen molar-refractivity contribution < 1.29 is 9.59 Å². The van der Waals surface area contributed by atoms with E-state index in [9.17, 15) is 9.59 Å². The van der Waals surface area contributed by atoms with Crippen LogP contribution in [0.2, 0.25) is 5.82 Å². The topological polar surface area (TPSA) is 34.1 Å². The quantitative estimate of drug-likeness (QED) is 0.421. The predicted octanol–water partition coefficient (Wildman–Crippen LogP) is -0.146. The van der Waals surface area contributed by atoms with Crippen LogP contribution in [0.1, 0.15) is 6.92 Å². The molecule has 0 aliphatic carbocycles. The number of hydrogen-bond donors (Lipinski definition) is 0. The maximum absolute atomic E-state index is 10.2. The van der Waals surface area contributed by atoms with E-state index in [4.69, 9.17) is 0 Å². The van der Waals surface area contributed by atoms with Crippen LogP contribution >= 0.6 is 0 Å². The molecule has 0 N–H and O–H groups in total. The van der Waals surface area contributed by atoms with Gasteiger partial charge in [-0.3, -0.25) is 0 Å². The molecule has 3 heteroatoms. The Labute approximate surface area is 48.4 Å². The van der Waals surface area contributed by atoms with Crippen LogP contribution in [0, 0.1) is 0 Å². The molecule has 0 heterocycles. The molecule has 0 unspecified atom stereocenters. The molecular formula is C4H6O2Se. The van der Waals surface area contributed by atoms with E-state index < -0.39 is 0 Å². The summed E-state index contributed by atoms with van der Waals surface area (Å²) in [7, 11) is 0. The van der Waals surface area contributed by atoms with Crippen LogP contribution < -0.4 is 0 Å². The molecule has 0 amide bonds. The van der Waals surface area contributed by atoms with Gasteiger partial charge in [0.2, 0.25) is 0 Å². The molecule has 40 valence electrons. The fourth-order valence-corrected chi connectivity index (χ4v) is 0.747. The minimum absolute atomic E-state index is 0.133. The molecule has 7 heavy (non-hydrogen) atoms. The van der Waals surface area contributed by atoms with Gasteiger partial charge in [0.25, 0.3) is 0 Å². The van der Waals surface area contributed by atoms with E-state index in [0.717, 1.165) is 0 Å². The maximum atomic E-state index is 10.2. The fourth-order valence-electron chi connectivity index (χ4n) is 0.144. The second kappa shape index (κ2) is 2.94. The van der Waals surface area contributed by atoms with Crippen LogP contribution in [-0.4, -0.2) is 25.4 Å². The molecule has 0 saturated heterocycles. The Morgan fingerprint density at radius 3 is 1.86 bits per heavy atom. The van der Waals surface area contributed by atoms with Crippen LogP contribution in [0.25, 0.3) is 0 Å². The summed E-state index contributed by atoms with van der Waals surface area (Å²) in [4.78, 5) is 20.2. The average molecular weight is 165 g/mol. The minimum atomic E-state index is -0.317. The van der Waals surface area contributed by atoms with E-state index >= 15 is 0 Å². The fraction of sp³-hybridized carbons (Fsp3) is 0.500. The second-order valence-electron chi connectivity index (χ2n) is 1.05. The van der Waals surface area contributed by atoms with E-state index in [2.05, 4.69) is 0 Å². The van der Waals surface area contributed by atoms with E-state index in [1.165, 1.54) is 6.92 Å². The van der Waals surface area contributed by atoms with Gasteiger partial charge in [-0.15, -0.1) is 0 Å². The van der Waals surface area contributed by atoms with Gasteiger partial charge in [0, 0.05) is 0 Å². The first-order chi connectivity index (χ1) is 3.18. The molecule has 0 aromatic heterocycles. The molecular weight excluding hydrogens is 159 g/mol. The van der Waals surface area contributed by atoms with Gasteiger partial charge in [0.1, 0.15) is 0 Å². The first-order valence-corrected chi connectivity index (χ1v) is 4.34. The van der Waals surface area contributed by atoms with E-state index in [0.29, 0.717) is 0 Å². The van der Waals surface area contributed by atoms with Gasteiger partial charge in [-0.2, -0.15) is 0 Å². The molecule has 0 radical (unpaired) electrons. The van der Waals surface area contributed by atoms with Crippen molar-refractivity contribution in [3.63, 3.8) is 0 Å². The third kappa shape index (κ3) is 2.54. The Morgan fingerprint density at radius 1 is 1.43 bits per heavy atom. The molecule has 0 bridgehead atoms. The predicted molar refractivity (Wildman–Crippen MR) is 27.3 cm³/mol. The molecule has 0 aromatic rings. The molecule has 2 nitrogen and oxygen atoms in total. The number of hydrogen-bond acceptors (Lipinski definition) is 2. The van der Waals surface area contributed by atoms with Gasteiger partial charge in [0.05, 0.1) is 0 Å². The second-order valence-corrected chi connectivity index (χ2v) is 2.68. The molecule has 0 spiro atoms. The first-order valence-electron chi connectivity index (χ1n) is 1.77. The van der Waals surface area contributed by atoms with Crippen molar-refractivity contribution in [1.29, 1.82) is 0 Å². The van der Waals surface area contributed by atoms with Crippen molar-refractivity contribution in [3.05, 3.63) is 0 Å². The van der Waals surface area contributed by atoms with Gasteiger partial charge in [-0.25, -0.2) is 0 Å². The zero-order valence-electron chi connectivity index (χ0n) is 4.22. The summed E-state index contributed by atoms with van der Waals surface area (Å²) in [6.45, 7) is 1.30. The summed E-state index contributed by atoms with van der Waals surface area (Å²) in [5.41, 5.74) is 0. The average Bonchev–Trinajstić information content (AvgIpc) is 1.65. The van der Waals surface area contributed by atoms with Crippen LogP contribution in [0.3, 0.4) is 0 Å². The summed E-state index contributed by atoms with van der Waals surface area (Å²) >= 11 is -0.133. The number of carbonyl (C=O) groups is 2. The Hall–Kier alpha value is -0.141. The van der Waals surface area contributed by atoms with Crippen molar-refractivity contribution in [3.8, 4) is 0 Å².